The van der Waals surface area contributed by atoms with Crippen molar-refractivity contribution in [3.05, 3.63) is 59.9 Å². The van der Waals surface area contributed by atoms with Gasteiger partial charge in [-0.25, -0.2) is 21.9 Å². The van der Waals surface area contributed by atoms with E-state index in [2.05, 4.69) is 25.6 Å². The SMILES string of the molecule is CC(=O)Nc1ccc(S(=O)(=O)NCc2nnnn2-c2ccc(F)c(F)c2)cc1. The number of aromatic nitrogens is 4. The number of nitrogens with one attached hydrogen (secondary N) is 2. The fourth-order valence-corrected chi connectivity index (χ4v) is 3.28. The summed E-state index contributed by atoms with van der Waals surface area (Å²) in [6, 6.07) is 8.61. The van der Waals surface area contributed by atoms with Crippen molar-refractivity contribution in [2.45, 2.75) is 18.4 Å². The van der Waals surface area contributed by atoms with Gasteiger partial charge in [0.15, 0.2) is 17.5 Å². The lowest BCUT2D eigenvalue weighted by Gasteiger charge is -2.08. The highest BCUT2D eigenvalue weighted by molar-refractivity contribution is 7.89. The molecule has 1 aromatic heterocycles. The Hall–Kier alpha value is -3.25. The standard InChI is InChI=1S/C16H14F2N6O3S/c1-10(25)20-11-2-5-13(6-3-11)28(26,27)19-9-16-21-22-23-24(16)12-4-7-14(17)15(18)8-12/h2-8,19H,9H2,1H3,(H,20,25). The highest BCUT2D eigenvalue weighted by atomic mass is 32.2. The maximum Gasteiger partial charge on any atom is 0.240 e. The van der Waals surface area contributed by atoms with Crippen LogP contribution in [0.1, 0.15) is 12.7 Å². The summed E-state index contributed by atoms with van der Waals surface area (Å²) in [5.41, 5.74) is 0.589. The number of hydrogen-bond donors (Lipinski definition) is 2. The summed E-state index contributed by atoms with van der Waals surface area (Å²) in [7, 11) is -3.90. The Morgan fingerprint density at radius 1 is 1.11 bits per heavy atom. The maximum atomic E-state index is 13.4. The summed E-state index contributed by atoms with van der Waals surface area (Å²) in [6.45, 7) is 1.05. The predicted molar refractivity (Wildman–Crippen MR) is 93.8 cm³/mol. The predicted octanol–water partition coefficient (Wildman–Crippen LogP) is 1.38. The van der Waals surface area contributed by atoms with Crippen LogP contribution in [0.3, 0.4) is 0 Å². The van der Waals surface area contributed by atoms with Crippen LogP contribution in [0.15, 0.2) is 47.4 Å². The van der Waals surface area contributed by atoms with Crippen LogP contribution >= 0.6 is 0 Å². The van der Waals surface area contributed by atoms with Gasteiger partial charge in [0.05, 0.1) is 17.1 Å². The molecule has 3 rings (SSSR count). The molecule has 1 heterocycles. The van der Waals surface area contributed by atoms with Gasteiger partial charge in [0.1, 0.15) is 0 Å². The minimum atomic E-state index is -3.90. The number of hydrogen-bond acceptors (Lipinski definition) is 6. The molecule has 2 N–H and O–H groups in total. The van der Waals surface area contributed by atoms with Gasteiger partial charge in [-0.3, -0.25) is 4.79 Å². The van der Waals surface area contributed by atoms with Crippen molar-refractivity contribution in [2.75, 3.05) is 5.32 Å². The van der Waals surface area contributed by atoms with E-state index in [9.17, 15) is 22.0 Å². The molecule has 0 saturated carbocycles. The van der Waals surface area contributed by atoms with Crippen LogP contribution in [0.2, 0.25) is 0 Å². The normalized spacial score (nSPS) is 11.4. The van der Waals surface area contributed by atoms with E-state index in [1.807, 2.05) is 0 Å². The third-order valence-corrected chi connectivity index (χ3v) is 5.00. The van der Waals surface area contributed by atoms with E-state index in [1.165, 1.54) is 37.3 Å². The van der Waals surface area contributed by atoms with Crippen molar-refractivity contribution < 1.29 is 22.0 Å². The third kappa shape index (κ3) is 4.35. The Balaban J connectivity index is 1.76. The van der Waals surface area contributed by atoms with Crippen molar-refractivity contribution in [2.24, 2.45) is 0 Å². The fourth-order valence-electron chi connectivity index (χ4n) is 2.30. The first-order chi connectivity index (χ1) is 13.3. The molecule has 0 spiro atoms. The summed E-state index contributed by atoms with van der Waals surface area (Å²) < 4.78 is 54.8. The monoisotopic (exact) mass is 408 g/mol. The van der Waals surface area contributed by atoms with Gasteiger partial charge >= 0.3 is 0 Å². The molecule has 28 heavy (non-hydrogen) atoms. The van der Waals surface area contributed by atoms with Crippen LogP contribution in [0.5, 0.6) is 0 Å². The van der Waals surface area contributed by atoms with E-state index >= 15 is 0 Å². The van der Waals surface area contributed by atoms with Gasteiger partial charge in [-0.2, -0.15) is 4.68 Å². The van der Waals surface area contributed by atoms with Crippen LogP contribution < -0.4 is 10.0 Å². The second-order valence-corrected chi connectivity index (χ2v) is 7.40. The number of halogens is 2. The van der Waals surface area contributed by atoms with Gasteiger partial charge in [-0.1, -0.05) is 0 Å². The Bertz CT molecular complexity index is 1120. The zero-order valence-electron chi connectivity index (χ0n) is 14.4. The second-order valence-electron chi connectivity index (χ2n) is 5.64. The molecule has 3 aromatic rings. The average Bonchev–Trinajstić information content (AvgIpc) is 3.11. The van der Waals surface area contributed by atoms with E-state index in [4.69, 9.17) is 0 Å². The summed E-state index contributed by atoms with van der Waals surface area (Å²) in [4.78, 5) is 11.0. The molecule has 0 saturated heterocycles. The molecule has 0 radical (unpaired) electrons. The van der Waals surface area contributed by atoms with Crippen molar-refractivity contribution in [3.8, 4) is 5.69 Å². The molecule has 12 heteroatoms. The second kappa shape index (κ2) is 7.78. The van der Waals surface area contributed by atoms with Gasteiger partial charge in [0.2, 0.25) is 15.9 Å². The summed E-state index contributed by atoms with van der Waals surface area (Å²) >= 11 is 0. The van der Waals surface area contributed by atoms with Gasteiger partial charge in [-0.05, 0) is 46.8 Å². The number of nitrogens with zero attached hydrogens (tertiary/aromatic N) is 4. The van der Waals surface area contributed by atoms with Gasteiger partial charge < -0.3 is 5.32 Å². The first-order valence-corrected chi connectivity index (χ1v) is 9.34. The zero-order chi connectivity index (χ0) is 20.3. The molecule has 0 atom stereocenters. The van der Waals surface area contributed by atoms with Crippen LogP contribution in [0.25, 0.3) is 5.69 Å². The summed E-state index contributed by atoms with van der Waals surface area (Å²) in [6.07, 6.45) is 0. The first kappa shape index (κ1) is 19.5. The van der Waals surface area contributed by atoms with Crippen molar-refractivity contribution in [1.82, 2.24) is 24.9 Å². The molecule has 0 fully saturated rings. The Labute approximate surface area is 158 Å². The molecular formula is C16H14F2N6O3S. The third-order valence-electron chi connectivity index (χ3n) is 3.59. The number of carbonyl (C=O) groups is 1. The lowest BCUT2D eigenvalue weighted by atomic mass is 10.3. The maximum absolute atomic E-state index is 13.4. The van der Waals surface area contributed by atoms with E-state index in [1.54, 1.807) is 0 Å². The highest BCUT2D eigenvalue weighted by Crippen LogP contribution is 2.16. The highest BCUT2D eigenvalue weighted by Gasteiger charge is 2.17. The van der Waals surface area contributed by atoms with Crippen molar-refractivity contribution in [1.29, 1.82) is 0 Å². The number of carbonyl (C=O) groups excluding carboxylic acids is 1. The lowest BCUT2D eigenvalue weighted by Crippen LogP contribution is -2.25. The number of amides is 1. The van der Waals surface area contributed by atoms with Gasteiger partial charge in [0, 0.05) is 18.7 Å². The molecule has 146 valence electrons. The average molecular weight is 408 g/mol. The minimum absolute atomic E-state index is 0.0338. The quantitative estimate of drug-likeness (QED) is 0.636. The molecule has 2 aromatic carbocycles. The lowest BCUT2D eigenvalue weighted by molar-refractivity contribution is -0.114. The number of tetrazole rings is 1. The van der Waals surface area contributed by atoms with E-state index < -0.39 is 21.7 Å². The van der Waals surface area contributed by atoms with Gasteiger partial charge in [-0.15, -0.1) is 5.10 Å². The molecule has 0 bridgehead atoms. The Morgan fingerprint density at radius 3 is 2.46 bits per heavy atom. The van der Waals surface area contributed by atoms with Crippen molar-refractivity contribution >= 4 is 21.6 Å². The molecule has 0 aliphatic heterocycles. The number of benzene rings is 2. The Morgan fingerprint density at radius 2 is 1.82 bits per heavy atom. The topological polar surface area (TPSA) is 119 Å². The number of rotatable bonds is 6. The van der Waals surface area contributed by atoms with E-state index in [0.717, 1.165) is 16.8 Å². The Kier molecular flexibility index (Phi) is 5.42. The van der Waals surface area contributed by atoms with Crippen LogP contribution in [0.4, 0.5) is 14.5 Å². The largest absolute Gasteiger partial charge is 0.326 e. The van der Waals surface area contributed by atoms with Crippen LogP contribution in [-0.2, 0) is 21.4 Å². The molecule has 0 aliphatic rings. The van der Waals surface area contributed by atoms with E-state index in [-0.39, 0.29) is 28.9 Å². The number of sulfonamides is 1. The van der Waals surface area contributed by atoms with Crippen LogP contribution in [0, 0.1) is 11.6 Å². The molecule has 1 amide bonds. The fraction of sp³-hybridized carbons (Fsp3) is 0.125. The zero-order valence-corrected chi connectivity index (χ0v) is 15.2. The molecule has 0 aliphatic carbocycles. The smallest absolute Gasteiger partial charge is 0.240 e. The van der Waals surface area contributed by atoms with Crippen LogP contribution in [-0.4, -0.2) is 34.5 Å². The molecular weight excluding hydrogens is 394 g/mol. The summed E-state index contributed by atoms with van der Waals surface area (Å²) in [5, 5.41) is 13.3. The minimum Gasteiger partial charge on any atom is -0.326 e. The van der Waals surface area contributed by atoms with Gasteiger partial charge in [0.25, 0.3) is 0 Å². The number of anilines is 1. The first-order valence-electron chi connectivity index (χ1n) is 7.86. The van der Waals surface area contributed by atoms with E-state index in [0.29, 0.717) is 5.69 Å². The summed E-state index contributed by atoms with van der Waals surface area (Å²) in [5.74, 6) is -2.32. The molecule has 9 nitrogen and oxygen atoms in total. The molecule has 0 unspecified atom stereocenters. The van der Waals surface area contributed by atoms with Crippen molar-refractivity contribution in [3.63, 3.8) is 0 Å².